The molecule has 8 heteroatoms. The van der Waals surface area contributed by atoms with Crippen molar-refractivity contribution < 1.29 is 9.21 Å². The Morgan fingerprint density at radius 3 is 2.96 bits per heavy atom. The first-order valence-corrected chi connectivity index (χ1v) is 9.69. The van der Waals surface area contributed by atoms with E-state index in [4.69, 9.17) is 16.0 Å². The van der Waals surface area contributed by atoms with E-state index < -0.39 is 0 Å². The molecular formula is C17H21ClN4O2S. The summed E-state index contributed by atoms with van der Waals surface area (Å²) in [4.78, 5) is 14.2. The molecule has 0 spiro atoms. The fourth-order valence-electron chi connectivity index (χ4n) is 2.74. The summed E-state index contributed by atoms with van der Waals surface area (Å²) in [7, 11) is 0. The zero-order valence-corrected chi connectivity index (χ0v) is 15.6. The Kier molecular flexibility index (Phi) is 6.20. The standard InChI is InChI=1S/C17H21ClN4O2S/c1-12-3-2-8-22(10-12)16(23)11-25-17-21-20-15(24-17)9-19-14-6-4-13(18)5-7-14/h4-7,12,19H,2-3,8-11H2,1H3. The third-order valence-corrected chi connectivity index (χ3v) is 5.12. The molecule has 0 saturated carbocycles. The topological polar surface area (TPSA) is 71.3 Å². The number of carbonyl (C=O) groups excluding carboxylic acids is 1. The number of halogens is 1. The van der Waals surface area contributed by atoms with E-state index in [1.807, 2.05) is 29.2 Å². The van der Waals surface area contributed by atoms with Gasteiger partial charge < -0.3 is 14.6 Å². The molecule has 6 nitrogen and oxygen atoms in total. The highest BCUT2D eigenvalue weighted by molar-refractivity contribution is 7.99. The van der Waals surface area contributed by atoms with Gasteiger partial charge in [-0.1, -0.05) is 30.3 Å². The molecule has 1 aromatic carbocycles. The number of benzene rings is 1. The maximum Gasteiger partial charge on any atom is 0.277 e. The number of thioether (sulfide) groups is 1. The van der Waals surface area contributed by atoms with E-state index >= 15 is 0 Å². The molecule has 1 atom stereocenters. The molecule has 0 radical (unpaired) electrons. The van der Waals surface area contributed by atoms with Gasteiger partial charge in [0.05, 0.1) is 12.3 Å². The third kappa shape index (κ3) is 5.37. The molecule has 2 heterocycles. The van der Waals surface area contributed by atoms with Gasteiger partial charge in [0, 0.05) is 23.8 Å². The molecule has 25 heavy (non-hydrogen) atoms. The minimum absolute atomic E-state index is 0.135. The van der Waals surface area contributed by atoms with E-state index in [1.165, 1.54) is 18.2 Å². The lowest BCUT2D eigenvalue weighted by atomic mass is 10.0. The number of anilines is 1. The molecule has 1 amide bonds. The van der Waals surface area contributed by atoms with Crippen LogP contribution >= 0.6 is 23.4 Å². The molecule has 1 aliphatic rings. The van der Waals surface area contributed by atoms with Crippen molar-refractivity contribution in [2.24, 2.45) is 5.92 Å². The van der Waals surface area contributed by atoms with E-state index in [9.17, 15) is 4.79 Å². The molecule has 3 rings (SSSR count). The largest absolute Gasteiger partial charge is 0.414 e. The number of hydrogen-bond acceptors (Lipinski definition) is 6. The summed E-state index contributed by atoms with van der Waals surface area (Å²) < 4.78 is 5.57. The smallest absolute Gasteiger partial charge is 0.277 e. The number of aromatic nitrogens is 2. The van der Waals surface area contributed by atoms with E-state index in [2.05, 4.69) is 22.4 Å². The van der Waals surface area contributed by atoms with Crippen molar-refractivity contribution in [2.45, 2.75) is 31.5 Å². The lowest BCUT2D eigenvalue weighted by Gasteiger charge is -2.30. The summed E-state index contributed by atoms with van der Waals surface area (Å²) in [5.74, 6) is 1.53. The zero-order chi connectivity index (χ0) is 17.6. The molecule has 134 valence electrons. The fourth-order valence-corrected chi connectivity index (χ4v) is 3.55. The van der Waals surface area contributed by atoms with Gasteiger partial charge in [-0.2, -0.15) is 0 Å². The number of nitrogens with zero attached hydrogens (tertiary/aromatic N) is 3. The van der Waals surface area contributed by atoms with Crippen LogP contribution in [0.25, 0.3) is 0 Å². The molecule has 2 aromatic rings. The number of nitrogens with one attached hydrogen (secondary N) is 1. The van der Waals surface area contributed by atoms with Gasteiger partial charge in [-0.15, -0.1) is 10.2 Å². The molecule has 1 aromatic heterocycles. The second-order valence-electron chi connectivity index (χ2n) is 6.20. The zero-order valence-electron chi connectivity index (χ0n) is 14.1. The molecule has 0 bridgehead atoms. The van der Waals surface area contributed by atoms with Gasteiger partial charge >= 0.3 is 0 Å². The first-order valence-electron chi connectivity index (χ1n) is 8.32. The van der Waals surface area contributed by atoms with Gasteiger partial charge in [0.2, 0.25) is 11.8 Å². The maximum absolute atomic E-state index is 12.3. The average molecular weight is 381 g/mol. The molecular weight excluding hydrogens is 360 g/mol. The highest BCUT2D eigenvalue weighted by atomic mass is 35.5. The maximum atomic E-state index is 12.3. The van der Waals surface area contributed by atoms with Crippen LogP contribution in [0.4, 0.5) is 5.69 Å². The van der Waals surface area contributed by atoms with Crippen LogP contribution in [0.15, 0.2) is 33.9 Å². The summed E-state index contributed by atoms with van der Waals surface area (Å²) in [6.07, 6.45) is 2.28. The monoisotopic (exact) mass is 380 g/mol. The van der Waals surface area contributed by atoms with Crippen LogP contribution in [0, 0.1) is 5.92 Å². The lowest BCUT2D eigenvalue weighted by molar-refractivity contribution is -0.130. The number of hydrogen-bond donors (Lipinski definition) is 1. The van der Waals surface area contributed by atoms with Crippen LogP contribution in [-0.2, 0) is 11.3 Å². The van der Waals surface area contributed by atoms with Crippen LogP contribution in [0.1, 0.15) is 25.7 Å². The van der Waals surface area contributed by atoms with Crippen molar-refractivity contribution in [1.29, 1.82) is 0 Å². The van der Waals surface area contributed by atoms with E-state index in [1.54, 1.807) is 0 Å². The highest BCUT2D eigenvalue weighted by Crippen LogP contribution is 2.20. The Balaban J connectivity index is 1.45. The Bertz CT molecular complexity index is 707. The van der Waals surface area contributed by atoms with Crippen molar-refractivity contribution >= 4 is 35.0 Å². The summed E-state index contributed by atoms with van der Waals surface area (Å²) >= 11 is 7.15. The van der Waals surface area contributed by atoms with Crippen molar-refractivity contribution in [3.63, 3.8) is 0 Å². The Morgan fingerprint density at radius 2 is 2.20 bits per heavy atom. The Hall–Kier alpha value is -1.73. The number of rotatable bonds is 6. The highest BCUT2D eigenvalue weighted by Gasteiger charge is 2.21. The van der Waals surface area contributed by atoms with E-state index in [-0.39, 0.29) is 5.91 Å². The van der Waals surface area contributed by atoms with Crippen LogP contribution < -0.4 is 5.32 Å². The molecule has 1 fully saturated rings. The number of amides is 1. The summed E-state index contributed by atoms with van der Waals surface area (Å²) in [6, 6.07) is 7.39. The van der Waals surface area contributed by atoms with Gasteiger partial charge in [0.15, 0.2) is 0 Å². The second kappa shape index (κ2) is 8.58. The Morgan fingerprint density at radius 1 is 1.40 bits per heavy atom. The van der Waals surface area contributed by atoms with Gasteiger partial charge in [-0.3, -0.25) is 4.79 Å². The minimum Gasteiger partial charge on any atom is -0.414 e. The second-order valence-corrected chi connectivity index (χ2v) is 7.56. The quantitative estimate of drug-likeness (QED) is 0.770. The predicted octanol–water partition coefficient (Wildman–Crippen LogP) is 3.69. The van der Waals surface area contributed by atoms with Gasteiger partial charge in [-0.05, 0) is 43.0 Å². The van der Waals surface area contributed by atoms with Gasteiger partial charge in [-0.25, -0.2) is 0 Å². The molecule has 1 unspecified atom stereocenters. The lowest BCUT2D eigenvalue weighted by Crippen LogP contribution is -2.40. The normalized spacial score (nSPS) is 17.5. The first-order chi connectivity index (χ1) is 12.1. The van der Waals surface area contributed by atoms with Gasteiger partial charge in [0.1, 0.15) is 0 Å². The van der Waals surface area contributed by atoms with Crippen molar-refractivity contribution in [2.75, 3.05) is 24.2 Å². The van der Waals surface area contributed by atoms with Crippen molar-refractivity contribution in [3.8, 4) is 0 Å². The summed E-state index contributed by atoms with van der Waals surface area (Å²) in [6.45, 7) is 4.31. The van der Waals surface area contributed by atoms with Crippen LogP contribution in [0.5, 0.6) is 0 Å². The summed E-state index contributed by atoms with van der Waals surface area (Å²) in [5, 5.41) is 12.3. The minimum atomic E-state index is 0.135. The molecule has 0 aliphatic carbocycles. The number of piperidine rings is 1. The molecule has 1 saturated heterocycles. The first kappa shape index (κ1) is 18.1. The van der Waals surface area contributed by atoms with Crippen molar-refractivity contribution in [1.82, 2.24) is 15.1 Å². The SMILES string of the molecule is CC1CCCN(C(=O)CSc2nnc(CNc3ccc(Cl)cc3)o2)C1. The number of carbonyl (C=O) groups is 1. The Labute approximate surface area is 156 Å². The van der Waals surface area contributed by atoms with Crippen LogP contribution in [-0.4, -0.2) is 39.8 Å². The summed E-state index contributed by atoms with van der Waals surface area (Å²) in [5.41, 5.74) is 0.922. The third-order valence-electron chi connectivity index (χ3n) is 4.07. The van der Waals surface area contributed by atoms with E-state index in [0.29, 0.717) is 34.4 Å². The molecule has 1 aliphatic heterocycles. The van der Waals surface area contributed by atoms with Crippen molar-refractivity contribution in [3.05, 3.63) is 35.2 Å². The van der Waals surface area contributed by atoms with E-state index in [0.717, 1.165) is 25.2 Å². The fraction of sp³-hybridized carbons (Fsp3) is 0.471. The average Bonchev–Trinajstić information content (AvgIpc) is 3.07. The predicted molar refractivity (Wildman–Crippen MR) is 98.8 cm³/mol. The number of likely N-dealkylation sites (tertiary alicyclic amines) is 1. The molecule has 1 N–H and O–H groups in total. The van der Waals surface area contributed by atoms with Gasteiger partial charge in [0.25, 0.3) is 5.22 Å². The van der Waals surface area contributed by atoms with Crippen LogP contribution in [0.3, 0.4) is 0 Å². The van der Waals surface area contributed by atoms with Crippen LogP contribution in [0.2, 0.25) is 5.02 Å².